The van der Waals surface area contributed by atoms with Gasteiger partial charge in [0.15, 0.2) is 0 Å². The van der Waals surface area contributed by atoms with E-state index in [4.69, 9.17) is 9.47 Å². The number of anilines is 1. The molecule has 2 N–H and O–H groups in total. The summed E-state index contributed by atoms with van der Waals surface area (Å²) < 4.78 is 54.8. The number of imidazole rings is 1. The molecule has 0 fully saturated rings. The Morgan fingerprint density at radius 3 is 2.81 bits per heavy atom. The number of hydrogen-bond donors (Lipinski definition) is 2. The number of H-pyrrole nitrogens is 1. The van der Waals surface area contributed by atoms with Crippen LogP contribution in [0.25, 0.3) is 11.0 Å². The van der Waals surface area contributed by atoms with Crippen molar-refractivity contribution in [2.45, 2.75) is 39.0 Å². The third kappa shape index (κ3) is 5.96. The van der Waals surface area contributed by atoms with Gasteiger partial charge in [-0.15, -0.1) is 0 Å². The average Bonchev–Trinajstić information content (AvgIpc) is 3.63. The van der Waals surface area contributed by atoms with Crippen molar-refractivity contribution in [3.8, 4) is 17.4 Å². The Kier molecular flexibility index (Phi) is 7.38. The number of hydrogen-bond acceptors (Lipinski definition) is 6. The summed E-state index contributed by atoms with van der Waals surface area (Å²) in [6.45, 7) is 4.47. The zero-order chi connectivity index (χ0) is 30.1. The highest BCUT2D eigenvalue weighted by molar-refractivity contribution is 5.90. The van der Waals surface area contributed by atoms with Gasteiger partial charge in [0.05, 0.1) is 36.2 Å². The second-order valence-corrected chi connectivity index (χ2v) is 10.3. The second-order valence-electron chi connectivity index (χ2n) is 10.3. The molecule has 0 aliphatic carbocycles. The molecule has 5 heterocycles. The second kappa shape index (κ2) is 11.3. The van der Waals surface area contributed by atoms with Crippen LogP contribution in [0.2, 0.25) is 0 Å². The van der Waals surface area contributed by atoms with Crippen molar-refractivity contribution in [3.63, 3.8) is 0 Å². The number of nitrogens with one attached hydrogen (secondary N) is 2. The molecule has 10 nitrogen and oxygen atoms in total. The van der Waals surface area contributed by atoms with Crippen molar-refractivity contribution < 1.29 is 27.4 Å². The van der Waals surface area contributed by atoms with Crippen molar-refractivity contribution in [2.24, 2.45) is 0 Å². The molecule has 0 bridgehead atoms. The molecule has 13 heteroatoms. The summed E-state index contributed by atoms with van der Waals surface area (Å²) in [4.78, 5) is 30.1. The first-order valence-corrected chi connectivity index (χ1v) is 13.6. The van der Waals surface area contributed by atoms with Crippen LogP contribution in [0.15, 0.2) is 67.5 Å². The maximum Gasteiger partial charge on any atom is 0.421 e. The van der Waals surface area contributed by atoms with E-state index in [0.717, 1.165) is 40.1 Å². The van der Waals surface area contributed by atoms with Crippen LogP contribution >= 0.6 is 0 Å². The number of rotatable bonds is 7. The van der Waals surface area contributed by atoms with Crippen molar-refractivity contribution in [2.75, 3.05) is 18.5 Å². The lowest BCUT2D eigenvalue weighted by atomic mass is 9.93. The largest absolute Gasteiger partial charge is 0.475 e. The van der Waals surface area contributed by atoms with Crippen LogP contribution in [-0.2, 0) is 19.1 Å². The lowest BCUT2D eigenvalue weighted by molar-refractivity contribution is -0.139. The fourth-order valence-electron chi connectivity index (χ4n) is 5.18. The van der Waals surface area contributed by atoms with E-state index in [-0.39, 0.29) is 18.3 Å². The molecular formula is C30H28F3N7O3. The first-order chi connectivity index (χ1) is 20.7. The van der Waals surface area contributed by atoms with Crippen molar-refractivity contribution in [3.05, 3.63) is 89.9 Å². The molecule has 43 heavy (non-hydrogen) atoms. The van der Waals surface area contributed by atoms with Crippen molar-refractivity contribution in [1.82, 2.24) is 29.4 Å². The fourth-order valence-corrected chi connectivity index (χ4v) is 5.18. The Labute approximate surface area is 244 Å². The number of aromatic amines is 1. The van der Waals surface area contributed by atoms with Crippen molar-refractivity contribution >= 4 is 22.8 Å². The molecule has 0 radical (unpaired) electrons. The van der Waals surface area contributed by atoms with Crippen LogP contribution in [0.5, 0.6) is 17.4 Å². The summed E-state index contributed by atoms with van der Waals surface area (Å²) in [5.74, 6) is 0.691. The van der Waals surface area contributed by atoms with Crippen LogP contribution in [0.1, 0.15) is 35.3 Å². The third-order valence-electron chi connectivity index (χ3n) is 7.33. The fraction of sp³-hybridized carbons (Fsp3) is 0.267. The minimum absolute atomic E-state index is 0.0363. The van der Waals surface area contributed by atoms with Gasteiger partial charge in [-0.2, -0.15) is 13.2 Å². The number of carbonyl (C=O) groups is 1. The Hall–Kier alpha value is -5.07. The summed E-state index contributed by atoms with van der Waals surface area (Å²) in [5, 5.41) is 3.44. The molecule has 222 valence electrons. The van der Waals surface area contributed by atoms with E-state index in [1.165, 1.54) is 6.33 Å². The molecule has 2 amide bonds. The standard InChI is InChI=1S/C30H28F3N7O3/c1-18-13-24-26(5-7-35-27(24)37-18)43-22-4-3-20-6-9-40(19(2)23(20)15-22)29(41)38-21-14-25(30(31,32)33)28(36-16-21)42-12-11-39-10-8-34-17-39/h3-5,7-8,10,13-17,19H,6,9,11-12H2,1-2H3,(H,35,37)(H,38,41)/t19-/m0/s1. The maximum atomic E-state index is 13.9. The number of aromatic nitrogens is 5. The molecule has 0 spiro atoms. The van der Waals surface area contributed by atoms with Gasteiger partial charge in [0.1, 0.15) is 29.3 Å². The van der Waals surface area contributed by atoms with Crippen LogP contribution in [0.4, 0.5) is 23.7 Å². The molecule has 1 aromatic carbocycles. The first-order valence-electron chi connectivity index (χ1n) is 13.6. The topological polar surface area (TPSA) is 110 Å². The molecule has 0 unspecified atom stereocenters. The summed E-state index contributed by atoms with van der Waals surface area (Å²) in [7, 11) is 0. The number of amides is 2. The number of ether oxygens (including phenoxy) is 2. The van der Waals surface area contributed by atoms with Crippen molar-refractivity contribution in [1.29, 1.82) is 0 Å². The molecule has 1 aliphatic rings. The Balaban J connectivity index is 1.16. The number of carbonyl (C=O) groups excluding carboxylic acids is 1. The summed E-state index contributed by atoms with van der Waals surface area (Å²) in [6.07, 6.45) is 3.46. The van der Waals surface area contributed by atoms with Crippen LogP contribution in [0.3, 0.4) is 0 Å². The molecule has 1 atom stereocenters. The zero-order valence-electron chi connectivity index (χ0n) is 23.4. The van der Waals surface area contributed by atoms with E-state index in [1.807, 2.05) is 38.1 Å². The lowest BCUT2D eigenvalue weighted by Crippen LogP contribution is -2.41. The smallest absolute Gasteiger partial charge is 0.421 e. The van der Waals surface area contributed by atoms with Gasteiger partial charge in [0, 0.05) is 30.8 Å². The maximum absolute atomic E-state index is 13.9. The minimum atomic E-state index is -4.73. The highest BCUT2D eigenvalue weighted by Crippen LogP contribution is 2.38. The molecule has 6 rings (SSSR count). The number of halogens is 3. The lowest BCUT2D eigenvalue weighted by Gasteiger charge is -2.35. The van der Waals surface area contributed by atoms with Crippen LogP contribution in [0, 0.1) is 6.92 Å². The molecule has 4 aromatic heterocycles. The van der Waals surface area contributed by atoms with Crippen LogP contribution < -0.4 is 14.8 Å². The van der Waals surface area contributed by atoms with Gasteiger partial charge in [-0.1, -0.05) is 6.07 Å². The highest BCUT2D eigenvalue weighted by atomic mass is 19.4. The summed E-state index contributed by atoms with van der Waals surface area (Å²) >= 11 is 0. The molecular weight excluding hydrogens is 563 g/mol. The zero-order valence-corrected chi connectivity index (χ0v) is 23.4. The predicted molar refractivity (Wildman–Crippen MR) is 152 cm³/mol. The molecule has 0 saturated carbocycles. The number of pyridine rings is 2. The molecule has 1 aliphatic heterocycles. The van der Waals surface area contributed by atoms with Gasteiger partial charge in [-0.25, -0.2) is 19.7 Å². The van der Waals surface area contributed by atoms with E-state index < -0.39 is 23.7 Å². The third-order valence-corrected chi connectivity index (χ3v) is 7.33. The Morgan fingerprint density at radius 2 is 2.02 bits per heavy atom. The number of benzene rings is 1. The van der Waals surface area contributed by atoms with Gasteiger partial charge < -0.3 is 29.2 Å². The van der Waals surface area contributed by atoms with E-state index in [0.29, 0.717) is 31.0 Å². The van der Waals surface area contributed by atoms with E-state index >= 15 is 0 Å². The van der Waals surface area contributed by atoms with Crippen LogP contribution in [-0.4, -0.2) is 48.6 Å². The van der Waals surface area contributed by atoms with Gasteiger partial charge >= 0.3 is 12.2 Å². The Bertz CT molecular complexity index is 1770. The van der Waals surface area contributed by atoms with Gasteiger partial charge in [-0.3, -0.25) is 0 Å². The summed E-state index contributed by atoms with van der Waals surface area (Å²) in [6, 6.07) is 9.45. The SMILES string of the molecule is Cc1cc2c(Oc3ccc4c(c3)[C@H](C)N(C(=O)Nc3cnc(OCCn5ccnc5)c(C(F)(F)F)c3)CC4)ccnc2[nH]1. The van der Waals surface area contributed by atoms with Gasteiger partial charge in [-0.05, 0) is 61.7 Å². The van der Waals surface area contributed by atoms with E-state index in [9.17, 15) is 18.0 Å². The van der Waals surface area contributed by atoms with Gasteiger partial charge in [0.25, 0.3) is 0 Å². The number of nitrogens with zero attached hydrogens (tertiary/aromatic N) is 5. The number of urea groups is 1. The first kappa shape index (κ1) is 28.1. The number of fused-ring (bicyclic) bond motifs is 2. The monoisotopic (exact) mass is 591 g/mol. The Morgan fingerprint density at radius 1 is 1.16 bits per heavy atom. The van der Waals surface area contributed by atoms with E-state index in [1.54, 1.807) is 34.1 Å². The van der Waals surface area contributed by atoms with E-state index in [2.05, 4.69) is 25.3 Å². The minimum Gasteiger partial charge on any atom is -0.475 e. The predicted octanol–water partition coefficient (Wildman–Crippen LogP) is 6.50. The normalized spacial score (nSPS) is 14.9. The summed E-state index contributed by atoms with van der Waals surface area (Å²) in [5.41, 5.74) is 2.49. The van der Waals surface area contributed by atoms with Gasteiger partial charge in [0.2, 0.25) is 5.88 Å². The average molecular weight is 592 g/mol. The molecule has 0 saturated heterocycles. The number of alkyl halides is 3. The number of aryl methyl sites for hydroxylation is 1. The quantitative estimate of drug-likeness (QED) is 0.224. The molecule has 5 aromatic rings. The highest BCUT2D eigenvalue weighted by Gasteiger charge is 2.36.